The summed E-state index contributed by atoms with van der Waals surface area (Å²) in [5, 5.41) is 3.32. The molecule has 7 nitrogen and oxygen atoms in total. The predicted octanol–water partition coefficient (Wildman–Crippen LogP) is 1.48. The van der Waals surface area contributed by atoms with E-state index < -0.39 is 9.84 Å². The van der Waals surface area contributed by atoms with Gasteiger partial charge in [0.05, 0.1) is 17.1 Å². The van der Waals surface area contributed by atoms with Crippen molar-refractivity contribution < 1.29 is 13.2 Å². The largest absolute Gasteiger partial charge is 0.351 e. The van der Waals surface area contributed by atoms with Gasteiger partial charge in [-0.3, -0.25) is 4.79 Å². The van der Waals surface area contributed by atoms with Gasteiger partial charge in [-0.2, -0.15) is 0 Å². The quantitative estimate of drug-likeness (QED) is 0.882. The number of carbonyl (C=O) groups excluding carboxylic acids is 1. The summed E-state index contributed by atoms with van der Waals surface area (Å²) in [6.45, 7) is 0. The lowest BCUT2D eigenvalue weighted by Crippen LogP contribution is -2.38. The van der Waals surface area contributed by atoms with Crippen molar-refractivity contribution in [3.63, 3.8) is 0 Å². The van der Waals surface area contributed by atoms with E-state index in [1.807, 2.05) is 0 Å². The van der Waals surface area contributed by atoms with Crippen LogP contribution >= 0.6 is 0 Å². The maximum atomic E-state index is 12.5. The van der Waals surface area contributed by atoms with E-state index in [0.717, 1.165) is 12.8 Å². The van der Waals surface area contributed by atoms with Gasteiger partial charge in [-0.05, 0) is 19.3 Å². The van der Waals surface area contributed by atoms with Gasteiger partial charge >= 0.3 is 0 Å². The van der Waals surface area contributed by atoms with Gasteiger partial charge in [-0.15, -0.1) is 0 Å². The summed E-state index contributed by atoms with van der Waals surface area (Å²) in [4.78, 5) is 22.5. The van der Waals surface area contributed by atoms with Crippen LogP contribution < -0.4 is 5.32 Å². The molecule has 0 spiro atoms. The lowest BCUT2D eigenvalue weighted by molar-refractivity contribution is 0.0747. The third-order valence-corrected chi connectivity index (χ3v) is 6.66. The Bertz CT molecular complexity index is 684. The van der Waals surface area contributed by atoms with Gasteiger partial charge in [0.25, 0.3) is 5.91 Å². The van der Waals surface area contributed by atoms with Crippen molar-refractivity contribution in [3.05, 3.63) is 18.0 Å². The van der Waals surface area contributed by atoms with Crippen molar-refractivity contribution in [2.45, 2.75) is 50.6 Å². The summed E-state index contributed by atoms with van der Waals surface area (Å²) in [5.74, 6) is 0.499. The van der Waals surface area contributed by atoms with Crippen molar-refractivity contribution in [2.24, 2.45) is 0 Å². The van der Waals surface area contributed by atoms with Crippen LogP contribution in [0.25, 0.3) is 0 Å². The zero-order valence-corrected chi connectivity index (χ0v) is 14.8. The van der Waals surface area contributed by atoms with Gasteiger partial charge < -0.3 is 10.2 Å². The van der Waals surface area contributed by atoms with Gasteiger partial charge in [0.1, 0.15) is 0 Å². The highest BCUT2D eigenvalue weighted by Gasteiger charge is 2.33. The number of hydrogen-bond donors (Lipinski definition) is 1. The first-order valence-electron chi connectivity index (χ1n) is 8.51. The molecule has 2 fully saturated rings. The smallest absolute Gasteiger partial charge is 0.257 e. The Kier molecular flexibility index (Phi) is 5.03. The summed E-state index contributed by atoms with van der Waals surface area (Å²) in [7, 11) is -1.37. The standard InChI is InChI=1S/C16H24N4O3S/c1-20(14-7-8-24(22,23)11-14)15(21)12-9-17-16(18-10-12)19-13-5-3-2-4-6-13/h9-10,13-14H,2-8,11H2,1H3,(H,17,18,19). The second-order valence-corrected chi connectivity index (χ2v) is 8.98. The van der Waals surface area contributed by atoms with Crippen LogP contribution in [0.3, 0.4) is 0 Å². The highest BCUT2D eigenvalue weighted by molar-refractivity contribution is 7.91. The molecule has 1 aliphatic carbocycles. The number of rotatable bonds is 4. The molecule has 2 heterocycles. The van der Waals surface area contributed by atoms with E-state index in [-0.39, 0.29) is 23.5 Å². The molecule has 1 N–H and O–H groups in total. The minimum absolute atomic E-state index is 0.0391. The van der Waals surface area contributed by atoms with Crippen LogP contribution in [0.5, 0.6) is 0 Å². The number of amides is 1. The van der Waals surface area contributed by atoms with E-state index in [1.54, 1.807) is 7.05 Å². The van der Waals surface area contributed by atoms with Crippen LogP contribution in [-0.2, 0) is 9.84 Å². The molecule has 1 saturated carbocycles. The number of carbonyl (C=O) groups is 1. The Balaban J connectivity index is 1.61. The molecule has 1 aliphatic heterocycles. The summed E-state index contributed by atoms with van der Waals surface area (Å²) < 4.78 is 23.1. The predicted molar refractivity (Wildman–Crippen MR) is 91.7 cm³/mol. The maximum absolute atomic E-state index is 12.5. The molecule has 3 rings (SSSR count). The molecule has 1 amide bonds. The van der Waals surface area contributed by atoms with Crippen molar-refractivity contribution in [1.29, 1.82) is 0 Å². The Hall–Kier alpha value is -1.70. The molecule has 8 heteroatoms. The first-order chi connectivity index (χ1) is 11.4. The monoisotopic (exact) mass is 352 g/mol. The van der Waals surface area contributed by atoms with Crippen LogP contribution in [-0.4, -0.2) is 59.8 Å². The molecule has 2 aliphatic rings. The average molecular weight is 352 g/mol. The average Bonchev–Trinajstić information content (AvgIpc) is 2.95. The van der Waals surface area contributed by atoms with Gasteiger partial charge in [-0.1, -0.05) is 19.3 Å². The molecule has 1 aromatic rings. The number of nitrogens with one attached hydrogen (secondary N) is 1. The van der Waals surface area contributed by atoms with Crippen LogP contribution in [0.1, 0.15) is 48.9 Å². The van der Waals surface area contributed by atoms with Gasteiger partial charge in [0, 0.05) is 31.5 Å². The van der Waals surface area contributed by atoms with Crippen LogP contribution in [0, 0.1) is 0 Å². The second-order valence-electron chi connectivity index (χ2n) is 6.75. The van der Waals surface area contributed by atoms with E-state index in [0.29, 0.717) is 24.0 Å². The summed E-state index contributed by atoms with van der Waals surface area (Å²) in [6.07, 6.45) is 9.52. The fraction of sp³-hybridized carbons (Fsp3) is 0.688. The normalized spacial score (nSPS) is 23.8. The van der Waals surface area contributed by atoms with Crippen molar-refractivity contribution >= 4 is 21.7 Å². The number of sulfone groups is 1. The first-order valence-corrected chi connectivity index (χ1v) is 10.3. The minimum Gasteiger partial charge on any atom is -0.351 e. The maximum Gasteiger partial charge on any atom is 0.257 e. The number of nitrogens with zero attached hydrogens (tertiary/aromatic N) is 3. The summed E-state index contributed by atoms with van der Waals surface area (Å²) in [5.41, 5.74) is 0.385. The molecule has 0 aromatic carbocycles. The molecule has 132 valence electrons. The SMILES string of the molecule is CN(C(=O)c1cnc(NC2CCCCC2)nc1)C1CCS(=O)(=O)C1. The molecule has 1 unspecified atom stereocenters. The summed E-state index contributed by atoms with van der Waals surface area (Å²) >= 11 is 0. The van der Waals surface area contributed by atoms with Crippen LogP contribution in [0.15, 0.2) is 12.4 Å². The van der Waals surface area contributed by atoms with Crippen molar-refractivity contribution in [1.82, 2.24) is 14.9 Å². The third-order valence-electron chi connectivity index (χ3n) is 4.91. The summed E-state index contributed by atoms with van der Waals surface area (Å²) in [6, 6.07) is 0.147. The van der Waals surface area contributed by atoms with Crippen molar-refractivity contribution in [2.75, 3.05) is 23.9 Å². The molecule has 1 atom stereocenters. The highest BCUT2D eigenvalue weighted by atomic mass is 32.2. The molecule has 24 heavy (non-hydrogen) atoms. The van der Waals surface area contributed by atoms with E-state index in [4.69, 9.17) is 0 Å². The second kappa shape index (κ2) is 7.04. The molecule has 1 aromatic heterocycles. The number of aromatic nitrogens is 2. The first kappa shape index (κ1) is 17.1. The van der Waals surface area contributed by atoms with E-state index in [9.17, 15) is 13.2 Å². The molecular weight excluding hydrogens is 328 g/mol. The topological polar surface area (TPSA) is 92.3 Å². The lowest BCUT2D eigenvalue weighted by atomic mass is 9.96. The van der Waals surface area contributed by atoms with E-state index in [1.165, 1.54) is 36.6 Å². The zero-order chi connectivity index (χ0) is 17.2. The van der Waals surface area contributed by atoms with Gasteiger partial charge in [-0.25, -0.2) is 18.4 Å². The molecule has 0 bridgehead atoms. The molecule has 0 radical (unpaired) electrons. The van der Waals surface area contributed by atoms with Crippen LogP contribution in [0.2, 0.25) is 0 Å². The number of anilines is 1. The highest BCUT2D eigenvalue weighted by Crippen LogP contribution is 2.21. The minimum atomic E-state index is -3.01. The molecule has 1 saturated heterocycles. The Morgan fingerprint density at radius 3 is 2.42 bits per heavy atom. The van der Waals surface area contributed by atoms with Crippen molar-refractivity contribution in [3.8, 4) is 0 Å². The van der Waals surface area contributed by atoms with Crippen LogP contribution in [0.4, 0.5) is 5.95 Å². The fourth-order valence-electron chi connectivity index (χ4n) is 3.39. The Labute approximate surface area is 142 Å². The van der Waals surface area contributed by atoms with E-state index in [2.05, 4.69) is 15.3 Å². The Morgan fingerprint density at radius 1 is 1.17 bits per heavy atom. The van der Waals surface area contributed by atoms with Gasteiger partial charge in [0.2, 0.25) is 5.95 Å². The molecular formula is C16H24N4O3S. The fourth-order valence-corrected chi connectivity index (χ4v) is 5.17. The third kappa shape index (κ3) is 4.03. The Morgan fingerprint density at radius 2 is 1.83 bits per heavy atom. The van der Waals surface area contributed by atoms with Gasteiger partial charge in [0.15, 0.2) is 9.84 Å². The van der Waals surface area contributed by atoms with E-state index >= 15 is 0 Å². The number of hydrogen-bond acceptors (Lipinski definition) is 6. The lowest BCUT2D eigenvalue weighted by Gasteiger charge is -2.24. The zero-order valence-electron chi connectivity index (χ0n) is 13.9.